The van der Waals surface area contributed by atoms with Crippen LogP contribution in [0.25, 0.3) is 0 Å². The van der Waals surface area contributed by atoms with Crippen LogP contribution < -0.4 is 10.1 Å². The summed E-state index contributed by atoms with van der Waals surface area (Å²) in [6.07, 6.45) is 0.0944. The lowest BCUT2D eigenvalue weighted by molar-refractivity contribution is -0.145. The third kappa shape index (κ3) is 6.34. The Morgan fingerprint density at radius 3 is 2.52 bits per heavy atom. The average molecular weight is 362 g/mol. The number of thiazole rings is 1. The van der Waals surface area contributed by atoms with Gasteiger partial charge in [0.2, 0.25) is 5.91 Å². The number of carbonyl (C=O) groups excluding carboxylic acids is 3. The van der Waals surface area contributed by atoms with Gasteiger partial charge in [-0.1, -0.05) is 0 Å². The number of nitrogens with zero attached hydrogens (tertiary/aromatic N) is 1. The molecule has 0 radical (unpaired) electrons. The number of esters is 1. The second kappa shape index (κ2) is 8.93. The molecule has 0 fully saturated rings. The largest absolute Gasteiger partial charge is 0.493 e. The van der Waals surface area contributed by atoms with E-state index in [9.17, 15) is 14.4 Å². The highest BCUT2D eigenvalue weighted by atomic mass is 32.1. The lowest BCUT2D eigenvalue weighted by Gasteiger charge is -2.06. The Kier molecular flexibility index (Phi) is 6.64. The zero-order valence-electron chi connectivity index (χ0n) is 13.9. The molecule has 0 aliphatic rings. The van der Waals surface area contributed by atoms with E-state index in [4.69, 9.17) is 9.47 Å². The summed E-state index contributed by atoms with van der Waals surface area (Å²) in [5.41, 5.74) is 1.18. The van der Waals surface area contributed by atoms with Crippen LogP contribution in [0.3, 0.4) is 0 Å². The normalized spacial score (nSPS) is 10.2. The van der Waals surface area contributed by atoms with Crippen LogP contribution in [0.4, 0.5) is 5.13 Å². The number of rotatable bonds is 8. The van der Waals surface area contributed by atoms with Crippen molar-refractivity contribution < 1.29 is 23.9 Å². The van der Waals surface area contributed by atoms with Gasteiger partial charge in [-0.2, -0.15) is 0 Å². The quantitative estimate of drug-likeness (QED) is 0.573. The Bertz CT molecular complexity index is 755. The van der Waals surface area contributed by atoms with Gasteiger partial charge in [0.1, 0.15) is 12.4 Å². The number of hydrogen-bond donors (Lipinski definition) is 1. The summed E-state index contributed by atoms with van der Waals surface area (Å²) >= 11 is 1.26. The molecule has 0 aliphatic carbocycles. The molecule has 8 heteroatoms. The molecule has 2 rings (SSSR count). The fraction of sp³-hybridized carbons (Fsp3) is 0.294. The molecule has 132 valence electrons. The Morgan fingerprint density at radius 1 is 1.16 bits per heavy atom. The molecule has 0 spiro atoms. The summed E-state index contributed by atoms with van der Waals surface area (Å²) in [6.45, 7) is 3.11. The van der Waals surface area contributed by atoms with Crippen LogP contribution in [0.5, 0.6) is 5.75 Å². The van der Waals surface area contributed by atoms with Gasteiger partial charge < -0.3 is 14.8 Å². The van der Waals surface area contributed by atoms with Gasteiger partial charge >= 0.3 is 5.97 Å². The van der Waals surface area contributed by atoms with Crippen molar-refractivity contribution in [2.24, 2.45) is 0 Å². The fourth-order valence-corrected chi connectivity index (χ4v) is 2.59. The molecule has 1 aromatic carbocycles. The van der Waals surface area contributed by atoms with E-state index >= 15 is 0 Å². The molecule has 0 atom stereocenters. The van der Waals surface area contributed by atoms with E-state index in [1.807, 2.05) is 0 Å². The molecule has 0 saturated carbocycles. The predicted octanol–water partition coefficient (Wildman–Crippen LogP) is 2.82. The number of anilines is 1. The Morgan fingerprint density at radius 2 is 1.88 bits per heavy atom. The number of ether oxygens (including phenoxy) is 2. The number of Topliss-reactive ketones (excluding diaryl/α,β-unsaturated/α-hetero) is 1. The van der Waals surface area contributed by atoms with Crippen molar-refractivity contribution in [3.8, 4) is 5.75 Å². The average Bonchev–Trinajstić information content (AvgIpc) is 3.00. The number of amides is 1. The van der Waals surface area contributed by atoms with Crippen LogP contribution in [0.2, 0.25) is 0 Å². The highest BCUT2D eigenvalue weighted by Crippen LogP contribution is 2.16. The molecule has 25 heavy (non-hydrogen) atoms. The van der Waals surface area contributed by atoms with Gasteiger partial charge in [-0.25, -0.2) is 4.98 Å². The second-order valence-electron chi connectivity index (χ2n) is 5.16. The van der Waals surface area contributed by atoms with E-state index in [0.29, 0.717) is 22.1 Å². The zero-order valence-corrected chi connectivity index (χ0v) is 14.7. The van der Waals surface area contributed by atoms with Gasteiger partial charge in [-0.05, 0) is 31.2 Å². The molecule has 0 unspecified atom stereocenters. The first-order valence-electron chi connectivity index (χ1n) is 7.55. The van der Waals surface area contributed by atoms with Crippen LogP contribution in [0, 0.1) is 0 Å². The third-order valence-corrected chi connectivity index (χ3v) is 3.86. The minimum atomic E-state index is -0.408. The minimum Gasteiger partial charge on any atom is -0.493 e. The number of aromatic nitrogens is 1. The van der Waals surface area contributed by atoms with Crippen LogP contribution in [-0.2, 0) is 20.9 Å². The van der Waals surface area contributed by atoms with Crippen molar-refractivity contribution >= 4 is 34.1 Å². The van der Waals surface area contributed by atoms with E-state index in [1.165, 1.54) is 25.2 Å². The van der Waals surface area contributed by atoms with E-state index < -0.39 is 5.97 Å². The maximum Gasteiger partial charge on any atom is 0.309 e. The summed E-state index contributed by atoms with van der Waals surface area (Å²) in [6, 6.07) is 6.71. The van der Waals surface area contributed by atoms with Gasteiger partial charge in [-0.15, -0.1) is 11.3 Å². The summed E-state index contributed by atoms with van der Waals surface area (Å²) in [7, 11) is 0. The molecule has 1 N–H and O–H groups in total. The van der Waals surface area contributed by atoms with Crippen molar-refractivity contribution in [2.45, 2.75) is 26.9 Å². The maximum atomic E-state index is 11.7. The summed E-state index contributed by atoms with van der Waals surface area (Å²) < 4.78 is 10.5. The van der Waals surface area contributed by atoms with Crippen LogP contribution in [0.15, 0.2) is 29.6 Å². The van der Waals surface area contributed by atoms with Crippen LogP contribution >= 0.6 is 11.3 Å². The Balaban J connectivity index is 1.69. The van der Waals surface area contributed by atoms with Crippen molar-refractivity contribution in [2.75, 3.05) is 11.9 Å². The van der Waals surface area contributed by atoms with Gasteiger partial charge in [0.15, 0.2) is 10.9 Å². The molecule has 2 aromatic rings. The molecule has 1 aromatic heterocycles. The number of nitrogens with one attached hydrogen (secondary N) is 1. The molecule has 0 saturated heterocycles. The van der Waals surface area contributed by atoms with Gasteiger partial charge in [0, 0.05) is 17.9 Å². The maximum absolute atomic E-state index is 11.7. The highest BCUT2D eigenvalue weighted by molar-refractivity contribution is 7.13. The van der Waals surface area contributed by atoms with Gasteiger partial charge in [0.25, 0.3) is 0 Å². The standard InChI is InChI=1S/C17H18N2O5S/c1-11(20)13-3-5-15(6-4-13)23-8-7-16(22)24-9-14-10-25-17(19-14)18-12(2)21/h3-6,10H,7-9H2,1-2H3,(H,18,19,21). The Hall–Kier alpha value is -2.74. The summed E-state index contributed by atoms with van der Waals surface area (Å²) in [5.74, 6) is -0.0445. The molecule has 1 amide bonds. The lowest BCUT2D eigenvalue weighted by Crippen LogP contribution is -2.10. The van der Waals surface area contributed by atoms with Crippen molar-refractivity contribution in [1.82, 2.24) is 4.98 Å². The van der Waals surface area contributed by atoms with Gasteiger partial charge in [-0.3, -0.25) is 14.4 Å². The first-order valence-corrected chi connectivity index (χ1v) is 8.43. The molecule has 1 heterocycles. The molecular weight excluding hydrogens is 344 g/mol. The minimum absolute atomic E-state index is 0.0150. The van der Waals surface area contributed by atoms with Crippen LogP contribution in [0.1, 0.15) is 36.3 Å². The first-order chi connectivity index (χ1) is 11.9. The van der Waals surface area contributed by atoms with Crippen molar-refractivity contribution in [3.05, 3.63) is 40.9 Å². The van der Waals surface area contributed by atoms with Gasteiger partial charge in [0.05, 0.1) is 18.7 Å². The number of ketones is 1. The number of hydrogen-bond acceptors (Lipinski definition) is 7. The number of benzene rings is 1. The summed E-state index contributed by atoms with van der Waals surface area (Å²) in [4.78, 5) is 37.9. The predicted molar refractivity (Wildman–Crippen MR) is 92.8 cm³/mol. The van der Waals surface area contributed by atoms with E-state index in [0.717, 1.165) is 0 Å². The van der Waals surface area contributed by atoms with Crippen LogP contribution in [-0.4, -0.2) is 29.3 Å². The molecule has 0 aliphatic heterocycles. The fourth-order valence-electron chi connectivity index (χ4n) is 1.85. The Labute approximate surface area is 149 Å². The second-order valence-corrected chi connectivity index (χ2v) is 6.02. The van der Waals surface area contributed by atoms with E-state index in [-0.39, 0.29) is 31.3 Å². The molecular formula is C17H18N2O5S. The first kappa shape index (κ1) is 18.6. The highest BCUT2D eigenvalue weighted by Gasteiger charge is 2.08. The lowest BCUT2D eigenvalue weighted by atomic mass is 10.1. The molecule has 0 bridgehead atoms. The SMILES string of the molecule is CC(=O)Nc1nc(COC(=O)CCOc2ccc(C(C)=O)cc2)cs1. The number of carbonyl (C=O) groups is 3. The monoisotopic (exact) mass is 362 g/mol. The topological polar surface area (TPSA) is 94.6 Å². The summed E-state index contributed by atoms with van der Waals surface area (Å²) in [5, 5.41) is 4.75. The zero-order chi connectivity index (χ0) is 18.2. The third-order valence-electron chi connectivity index (χ3n) is 3.05. The van der Waals surface area contributed by atoms with E-state index in [2.05, 4.69) is 10.3 Å². The molecule has 7 nitrogen and oxygen atoms in total. The van der Waals surface area contributed by atoms with E-state index in [1.54, 1.807) is 29.6 Å². The van der Waals surface area contributed by atoms with Crippen molar-refractivity contribution in [1.29, 1.82) is 0 Å². The van der Waals surface area contributed by atoms with Crippen molar-refractivity contribution in [3.63, 3.8) is 0 Å². The smallest absolute Gasteiger partial charge is 0.309 e.